The second-order valence-electron chi connectivity index (χ2n) is 6.77. The number of hydrogen-bond acceptors (Lipinski definition) is 3. The molecule has 9 heteroatoms. The first-order valence-corrected chi connectivity index (χ1v) is 9.34. The standard InChI is InChI=1S/C21H20F3N3O3/c22-21(23,24)17-9-5-4-8-16(17)20(30)27-12-10-26(11-13-27)18(28)14-25-19(29)15-6-2-1-3-7-15/h1-9H,10-14H2,(H,25,29). The van der Waals surface area contributed by atoms with Gasteiger partial charge in [-0.15, -0.1) is 0 Å². The van der Waals surface area contributed by atoms with Crippen LogP contribution in [0.5, 0.6) is 0 Å². The molecule has 6 nitrogen and oxygen atoms in total. The average Bonchev–Trinajstić information content (AvgIpc) is 2.77. The van der Waals surface area contributed by atoms with E-state index in [2.05, 4.69) is 5.32 Å². The van der Waals surface area contributed by atoms with Crippen molar-refractivity contribution in [3.8, 4) is 0 Å². The van der Waals surface area contributed by atoms with E-state index in [1.807, 2.05) is 0 Å². The van der Waals surface area contributed by atoms with E-state index in [4.69, 9.17) is 0 Å². The van der Waals surface area contributed by atoms with E-state index >= 15 is 0 Å². The fourth-order valence-corrected chi connectivity index (χ4v) is 3.21. The molecule has 1 N–H and O–H groups in total. The monoisotopic (exact) mass is 419 g/mol. The number of hydrogen-bond donors (Lipinski definition) is 1. The second kappa shape index (κ2) is 8.98. The number of benzene rings is 2. The van der Waals surface area contributed by atoms with Crippen molar-refractivity contribution in [2.75, 3.05) is 32.7 Å². The Morgan fingerprint density at radius 2 is 1.40 bits per heavy atom. The molecule has 0 spiro atoms. The fraction of sp³-hybridized carbons (Fsp3) is 0.286. The van der Waals surface area contributed by atoms with Crippen LogP contribution in [0.2, 0.25) is 0 Å². The smallest absolute Gasteiger partial charge is 0.343 e. The Morgan fingerprint density at radius 1 is 0.833 bits per heavy atom. The number of halogens is 3. The Morgan fingerprint density at radius 3 is 2.03 bits per heavy atom. The van der Waals surface area contributed by atoms with E-state index in [9.17, 15) is 27.6 Å². The first-order chi connectivity index (χ1) is 14.3. The summed E-state index contributed by atoms with van der Waals surface area (Å²) in [5.74, 6) is -1.41. The molecule has 1 saturated heterocycles. The van der Waals surface area contributed by atoms with Crippen LogP contribution in [0.15, 0.2) is 54.6 Å². The van der Waals surface area contributed by atoms with Crippen molar-refractivity contribution < 1.29 is 27.6 Å². The molecule has 1 aliphatic rings. The van der Waals surface area contributed by atoms with Crippen molar-refractivity contribution in [1.29, 1.82) is 0 Å². The van der Waals surface area contributed by atoms with Gasteiger partial charge in [0.1, 0.15) is 0 Å². The maximum atomic E-state index is 13.2. The third-order valence-electron chi connectivity index (χ3n) is 4.82. The zero-order valence-corrected chi connectivity index (χ0v) is 16.0. The van der Waals surface area contributed by atoms with Crippen molar-refractivity contribution in [3.05, 3.63) is 71.3 Å². The summed E-state index contributed by atoms with van der Waals surface area (Å²) in [5, 5.41) is 2.54. The van der Waals surface area contributed by atoms with Crippen molar-refractivity contribution in [2.45, 2.75) is 6.18 Å². The Kier molecular flexibility index (Phi) is 6.39. The second-order valence-corrected chi connectivity index (χ2v) is 6.77. The molecule has 30 heavy (non-hydrogen) atoms. The lowest BCUT2D eigenvalue weighted by molar-refractivity contribution is -0.138. The molecule has 158 valence electrons. The molecule has 0 unspecified atom stereocenters. The summed E-state index contributed by atoms with van der Waals surface area (Å²) >= 11 is 0. The summed E-state index contributed by atoms with van der Waals surface area (Å²) in [6.45, 7) is 0.394. The first-order valence-electron chi connectivity index (χ1n) is 9.34. The normalized spacial score (nSPS) is 14.4. The Bertz CT molecular complexity index is 924. The van der Waals surface area contributed by atoms with Crippen LogP contribution in [0, 0.1) is 0 Å². The molecule has 0 atom stereocenters. The van der Waals surface area contributed by atoms with Crippen LogP contribution in [-0.2, 0) is 11.0 Å². The molecule has 0 bridgehead atoms. The largest absolute Gasteiger partial charge is 0.417 e. The van der Waals surface area contributed by atoms with Gasteiger partial charge in [0.25, 0.3) is 11.8 Å². The van der Waals surface area contributed by atoms with E-state index in [-0.39, 0.29) is 44.5 Å². The van der Waals surface area contributed by atoms with Gasteiger partial charge in [0, 0.05) is 31.7 Å². The number of piperazine rings is 1. The number of carbonyl (C=O) groups is 3. The minimum atomic E-state index is -4.62. The molecule has 0 aromatic heterocycles. The number of nitrogens with one attached hydrogen (secondary N) is 1. The lowest BCUT2D eigenvalue weighted by atomic mass is 10.1. The van der Waals surface area contributed by atoms with Crippen molar-refractivity contribution >= 4 is 17.7 Å². The van der Waals surface area contributed by atoms with Crippen LogP contribution >= 0.6 is 0 Å². The molecule has 2 aromatic rings. The minimum absolute atomic E-state index is 0.114. The van der Waals surface area contributed by atoms with Gasteiger partial charge in [0.2, 0.25) is 5.91 Å². The van der Waals surface area contributed by atoms with Crippen LogP contribution in [0.3, 0.4) is 0 Å². The van der Waals surface area contributed by atoms with Crippen LogP contribution < -0.4 is 5.32 Å². The van der Waals surface area contributed by atoms with E-state index in [0.29, 0.717) is 5.56 Å². The van der Waals surface area contributed by atoms with Crippen molar-refractivity contribution in [2.24, 2.45) is 0 Å². The zero-order valence-electron chi connectivity index (χ0n) is 16.0. The summed E-state index contributed by atoms with van der Waals surface area (Å²) in [6.07, 6.45) is -4.62. The molecule has 0 aliphatic carbocycles. The van der Waals surface area contributed by atoms with E-state index < -0.39 is 23.2 Å². The average molecular weight is 419 g/mol. The van der Waals surface area contributed by atoms with Crippen LogP contribution in [0.25, 0.3) is 0 Å². The SMILES string of the molecule is O=C(NCC(=O)N1CCN(C(=O)c2ccccc2C(F)(F)F)CC1)c1ccccc1. The third kappa shape index (κ3) is 4.97. The third-order valence-corrected chi connectivity index (χ3v) is 4.82. The molecule has 3 amide bonds. The van der Waals surface area contributed by atoms with Gasteiger partial charge < -0.3 is 15.1 Å². The Balaban J connectivity index is 1.54. The highest BCUT2D eigenvalue weighted by atomic mass is 19.4. The number of rotatable bonds is 4. The number of alkyl halides is 3. The Labute approximate surface area is 171 Å². The zero-order chi connectivity index (χ0) is 21.7. The van der Waals surface area contributed by atoms with Crippen molar-refractivity contribution in [3.63, 3.8) is 0 Å². The summed E-state index contributed by atoms with van der Waals surface area (Å²) in [7, 11) is 0. The molecule has 2 aromatic carbocycles. The molecule has 0 saturated carbocycles. The van der Waals surface area contributed by atoms with Gasteiger partial charge >= 0.3 is 6.18 Å². The number of carbonyl (C=O) groups excluding carboxylic acids is 3. The molecule has 3 rings (SSSR count). The number of amides is 3. The van der Waals surface area contributed by atoms with Gasteiger partial charge in [0.15, 0.2) is 0 Å². The fourth-order valence-electron chi connectivity index (χ4n) is 3.21. The van der Waals surface area contributed by atoms with Gasteiger partial charge in [-0.3, -0.25) is 14.4 Å². The molecular formula is C21H20F3N3O3. The molecule has 1 heterocycles. The summed E-state index contributed by atoms with van der Waals surface area (Å²) < 4.78 is 39.5. The summed E-state index contributed by atoms with van der Waals surface area (Å²) in [6, 6.07) is 13.1. The van der Waals surface area contributed by atoms with Crippen LogP contribution in [-0.4, -0.2) is 60.2 Å². The topological polar surface area (TPSA) is 69.7 Å². The Hall–Kier alpha value is -3.36. The van der Waals surface area contributed by atoms with E-state index in [1.165, 1.54) is 21.9 Å². The van der Waals surface area contributed by atoms with Gasteiger partial charge in [-0.1, -0.05) is 30.3 Å². The molecule has 1 aliphatic heterocycles. The lowest BCUT2D eigenvalue weighted by Crippen LogP contribution is -2.52. The molecule has 0 radical (unpaired) electrons. The lowest BCUT2D eigenvalue weighted by Gasteiger charge is -2.35. The quantitative estimate of drug-likeness (QED) is 0.828. The van der Waals surface area contributed by atoms with Crippen LogP contribution in [0.4, 0.5) is 13.2 Å². The highest BCUT2D eigenvalue weighted by molar-refractivity contribution is 5.97. The van der Waals surface area contributed by atoms with Gasteiger partial charge in [-0.25, -0.2) is 0 Å². The minimum Gasteiger partial charge on any atom is -0.343 e. The highest BCUT2D eigenvalue weighted by Gasteiger charge is 2.36. The predicted molar refractivity (Wildman–Crippen MR) is 103 cm³/mol. The number of nitrogens with zero attached hydrogens (tertiary/aromatic N) is 2. The van der Waals surface area contributed by atoms with Gasteiger partial charge in [-0.05, 0) is 24.3 Å². The van der Waals surface area contributed by atoms with Crippen molar-refractivity contribution in [1.82, 2.24) is 15.1 Å². The maximum absolute atomic E-state index is 13.2. The van der Waals surface area contributed by atoms with Gasteiger partial charge in [0.05, 0.1) is 17.7 Å². The highest BCUT2D eigenvalue weighted by Crippen LogP contribution is 2.32. The van der Waals surface area contributed by atoms with Gasteiger partial charge in [-0.2, -0.15) is 13.2 Å². The summed E-state index contributed by atoms with van der Waals surface area (Å²) in [5.41, 5.74) is -0.943. The van der Waals surface area contributed by atoms with Crippen LogP contribution in [0.1, 0.15) is 26.3 Å². The first kappa shape index (κ1) is 21.4. The summed E-state index contributed by atoms with van der Waals surface area (Å²) in [4.78, 5) is 39.7. The maximum Gasteiger partial charge on any atom is 0.417 e. The predicted octanol–water partition coefficient (Wildman–Crippen LogP) is 2.42. The molecular weight excluding hydrogens is 399 g/mol. The van der Waals surface area contributed by atoms with E-state index in [0.717, 1.165) is 12.1 Å². The van der Waals surface area contributed by atoms with E-state index in [1.54, 1.807) is 30.3 Å². The molecule has 1 fully saturated rings.